The third kappa shape index (κ3) is 6.48. The van der Waals surface area contributed by atoms with Gasteiger partial charge in [-0.05, 0) is 29.3 Å². The zero-order valence-corrected chi connectivity index (χ0v) is 14.0. The van der Waals surface area contributed by atoms with Gasteiger partial charge >= 0.3 is 5.97 Å². The predicted octanol–water partition coefficient (Wildman–Crippen LogP) is 3.32. The minimum atomic E-state index is -0.477. The molecule has 0 aliphatic carbocycles. The summed E-state index contributed by atoms with van der Waals surface area (Å²) in [5.41, 5.74) is 1.80. The normalized spacial score (nSPS) is 10.5. The van der Waals surface area contributed by atoms with Crippen LogP contribution in [0.3, 0.4) is 0 Å². The molecule has 1 amide bonds. The first-order valence-electron chi connectivity index (χ1n) is 7.04. The van der Waals surface area contributed by atoms with Crippen LogP contribution in [0.25, 0.3) is 6.08 Å². The Bertz CT molecular complexity index is 681. The van der Waals surface area contributed by atoms with Crippen LogP contribution in [0.1, 0.15) is 11.1 Å². The molecule has 0 radical (unpaired) electrons. The Kier molecular flexibility index (Phi) is 6.56. The first kappa shape index (κ1) is 17.0. The SMILES string of the molecule is O=C(/C=C/c1ccccc1)NCC(=O)OCc1ccc(Br)cc1. The molecular weight excluding hydrogens is 358 g/mol. The van der Waals surface area contributed by atoms with E-state index in [1.807, 2.05) is 54.6 Å². The molecule has 1 N–H and O–H groups in total. The van der Waals surface area contributed by atoms with E-state index in [1.165, 1.54) is 6.08 Å². The molecule has 0 aliphatic heterocycles. The Morgan fingerprint density at radius 2 is 1.74 bits per heavy atom. The lowest BCUT2D eigenvalue weighted by molar-refractivity contribution is -0.144. The number of hydrogen-bond acceptors (Lipinski definition) is 3. The quantitative estimate of drug-likeness (QED) is 0.624. The molecule has 4 nitrogen and oxygen atoms in total. The van der Waals surface area contributed by atoms with Gasteiger partial charge in [0.15, 0.2) is 0 Å². The van der Waals surface area contributed by atoms with E-state index in [-0.39, 0.29) is 19.1 Å². The van der Waals surface area contributed by atoms with E-state index in [0.29, 0.717) is 0 Å². The molecule has 0 saturated heterocycles. The van der Waals surface area contributed by atoms with Crippen LogP contribution in [0.2, 0.25) is 0 Å². The number of hydrogen-bond donors (Lipinski definition) is 1. The van der Waals surface area contributed by atoms with Crippen molar-refractivity contribution in [3.63, 3.8) is 0 Å². The Hall–Kier alpha value is -2.40. The monoisotopic (exact) mass is 373 g/mol. The fourth-order valence-electron chi connectivity index (χ4n) is 1.75. The van der Waals surface area contributed by atoms with Crippen LogP contribution >= 0.6 is 15.9 Å². The van der Waals surface area contributed by atoms with Crippen molar-refractivity contribution in [3.05, 3.63) is 76.3 Å². The molecule has 5 heteroatoms. The van der Waals surface area contributed by atoms with E-state index in [4.69, 9.17) is 4.74 Å². The molecule has 0 aliphatic rings. The van der Waals surface area contributed by atoms with Gasteiger partial charge < -0.3 is 10.1 Å². The molecule has 0 heterocycles. The minimum Gasteiger partial charge on any atom is -0.460 e. The molecule has 2 rings (SSSR count). The van der Waals surface area contributed by atoms with Crippen LogP contribution < -0.4 is 5.32 Å². The Labute approximate surface area is 143 Å². The number of carbonyl (C=O) groups is 2. The van der Waals surface area contributed by atoms with Gasteiger partial charge in [-0.15, -0.1) is 0 Å². The van der Waals surface area contributed by atoms with E-state index >= 15 is 0 Å². The summed E-state index contributed by atoms with van der Waals surface area (Å²) >= 11 is 3.34. The Morgan fingerprint density at radius 1 is 1.04 bits per heavy atom. The van der Waals surface area contributed by atoms with Gasteiger partial charge in [-0.2, -0.15) is 0 Å². The van der Waals surface area contributed by atoms with Crippen LogP contribution in [0.5, 0.6) is 0 Å². The van der Waals surface area contributed by atoms with Gasteiger partial charge in [0.25, 0.3) is 0 Å². The Morgan fingerprint density at radius 3 is 2.43 bits per heavy atom. The molecular formula is C18H16BrNO3. The Balaban J connectivity index is 1.70. The van der Waals surface area contributed by atoms with Crippen molar-refractivity contribution >= 4 is 33.9 Å². The molecule has 0 unspecified atom stereocenters. The smallest absolute Gasteiger partial charge is 0.325 e. The van der Waals surface area contributed by atoms with Crippen LogP contribution in [0.15, 0.2) is 65.1 Å². The van der Waals surface area contributed by atoms with E-state index in [2.05, 4.69) is 21.2 Å². The molecule has 0 aromatic heterocycles. The number of carbonyl (C=O) groups excluding carboxylic acids is 2. The summed E-state index contributed by atoms with van der Waals surface area (Å²) < 4.78 is 6.05. The van der Waals surface area contributed by atoms with Gasteiger partial charge in [0, 0.05) is 10.5 Å². The molecule has 23 heavy (non-hydrogen) atoms. The van der Waals surface area contributed by atoms with E-state index < -0.39 is 5.97 Å². The van der Waals surface area contributed by atoms with Crippen LogP contribution in [0, 0.1) is 0 Å². The average molecular weight is 374 g/mol. The molecule has 0 atom stereocenters. The van der Waals surface area contributed by atoms with Crippen molar-refractivity contribution in [2.75, 3.05) is 6.54 Å². The topological polar surface area (TPSA) is 55.4 Å². The molecule has 0 fully saturated rings. The lowest BCUT2D eigenvalue weighted by Gasteiger charge is -2.05. The first-order valence-corrected chi connectivity index (χ1v) is 7.84. The van der Waals surface area contributed by atoms with Gasteiger partial charge in [0.05, 0.1) is 0 Å². The van der Waals surface area contributed by atoms with Crippen molar-refractivity contribution in [1.29, 1.82) is 0 Å². The second kappa shape index (κ2) is 8.90. The number of amides is 1. The number of rotatable bonds is 6. The highest BCUT2D eigenvalue weighted by Gasteiger charge is 2.05. The van der Waals surface area contributed by atoms with Crippen LogP contribution in [0.4, 0.5) is 0 Å². The minimum absolute atomic E-state index is 0.158. The maximum absolute atomic E-state index is 11.6. The van der Waals surface area contributed by atoms with Gasteiger partial charge in [-0.3, -0.25) is 9.59 Å². The van der Waals surface area contributed by atoms with E-state index in [9.17, 15) is 9.59 Å². The maximum atomic E-state index is 11.6. The zero-order valence-electron chi connectivity index (χ0n) is 12.4. The predicted molar refractivity (Wildman–Crippen MR) is 92.4 cm³/mol. The van der Waals surface area contributed by atoms with Gasteiger partial charge in [-0.25, -0.2) is 0 Å². The number of nitrogens with one attached hydrogen (secondary N) is 1. The number of halogens is 1. The summed E-state index contributed by atoms with van der Waals surface area (Å²) in [5, 5.41) is 2.49. The summed E-state index contributed by atoms with van der Waals surface area (Å²) in [7, 11) is 0. The number of ether oxygens (including phenoxy) is 1. The van der Waals surface area contributed by atoms with Crippen molar-refractivity contribution in [2.45, 2.75) is 6.61 Å². The highest BCUT2D eigenvalue weighted by Crippen LogP contribution is 2.11. The fraction of sp³-hybridized carbons (Fsp3) is 0.111. The highest BCUT2D eigenvalue weighted by molar-refractivity contribution is 9.10. The summed E-state index contributed by atoms with van der Waals surface area (Å²) in [6.45, 7) is 0.0241. The van der Waals surface area contributed by atoms with E-state index in [1.54, 1.807) is 6.08 Å². The first-order chi connectivity index (χ1) is 11.1. The third-order valence-corrected chi connectivity index (χ3v) is 3.48. The molecule has 0 bridgehead atoms. The second-order valence-corrected chi connectivity index (χ2v) is 5.66. The largest absolute Gasteiger partial charge is 0.460 e. The second-order valence-electron chi connectivity index (χ2n) is 4.75. The molecule has 2 aromatic rings. The fourth-order valence-corrected chi connectivity index (χ4v) is 2.01. The standard InChI is InChI=1S/C18H16BrNO3/c19-16-9-6-15(7-10-16)13-23-18(22)12-20-17(21)11-8-14-4-2-1-3-5-14/h1-11H,12-13H2,(H,20,21)/b11-8+. The van der Waals surface area contributed by atoms with Gasteiger partial charge in [0.1, 0.15) is 13.2 Å². The highest BCUT2D eigenvalue weighted by atomic mass is 79.9. The summed E-state index contributed by atoms with van der Waals surface area (Å²) in [6, 6.07) is 16.9. The van der Waals surface area contributed by atoms with Crippen molar-refractivity contribution in [1.82, 2.24) is 5.32 Å². The molecule has 118 valence electrons. The van der Waals surface area contributed by atoms with Gasteiger partial charge in [-0.1, -0.05) is 58.4 Å². The maximum Gasteiger partial charge on any atom is 0.325 e. The molecule has 0 spiro atoms. The summed E-state index contributed by atoms with van der Waals surface area (Å²) in [5.74, 6) is -0.816. The summed E-state index contributed by atoms with van der Waals surface area (Å²) in [4.78, 5) is 23.2. The average Bonchev–Trinajstić information content (AvgIpc) is 2.58. The van der Waals surface area contributed by atoms with E-state index in [0.717, 1.165) is 15.6 Å². The molecule has 2 aromatic carbocycles. The third-order valence-electron chi connectivity index (χ3n) is 2.95. The van der Waals surface area contributed by atoms with Crippen molar-refractivity contribution in [2.24, 2.45) is 0 Å². The van der Waals surface area contributed by atoms with Crippen LogP contribution in [-0.2, 0) is 20.9 Å². The van der Waals surface area contributed by atoms with Crippen molar-refractivity contribution in [3.8, 4) is 0 Å². The molecule has 0 saturated carbocycles. The summed E-state index contributed by atoms with van der Waals surface area (Å²) in [6.07, 6.45) is 3.07. The number of benzene rings is 2. The zero-order chi connectivity index (χ0) is 16.5. The van der Waals surface area contributed by atoms with Crippen molar-refractivity contribution < 1.29 is 14.3 Å². The van der Waals surface area contributed by atoms with Crippen LogP contribution in [-0.4, -0.2) is 18.4 Å². The lowest BCUT2D eigenvalue weighted by atomic mass is 10.2. The lowest BCUT2D eigenvalue weighted by Crippen LogP contribution is -2.29. The number of esters is 1. The van der Waals surface area contributed by atoms with Gasteiger partial charge in [0.2, 0.25) is 5.91 Å².